The van der Waals surface area contributed by atoms with Gasteiger partial charge in [0.25, 0.3) is 0 Å². The van der Waals surface area contributed by atoms with Gasteiger partial charge in [0.15, 0.2) is 0 Å². The lowest BCUT2D eigenvalue weighted by Crippen LogP contribution is -2.00. The van der Waals surface area contributed by atoms with Crippen molar-refractivity contribution in [3.05, 3.63) is 34.9 Å². The van der Waals surface area contributed by atoms with Crippen molar-refractivity contribution >= 4 is 15.9 Å². The highest BCUT2D eigenvalue weighted by molar-refractivity contribution is 9.09. The van der Waals surface area contributed by atoms with Crippen LogP contribution in [0.1, 0.15) is 42.4 Å². The molecule has 0 amide bonds. The summed E-state index contributed by atoms with van der Waals surface area (Å²) in [5, 5.41) is 1.07. The van der Waals surface area contributed by atoms with Crippen LogP contribution in [0.4, 0.5) is 0 Å². The zero-order valence-corrected chi connectivity index (χ0v) is 10.9. The third-order valence-electron chi connectivity index (χ3n) is 2.83. The van der Waals surface area contributed by atoms with Crippen molar-refractivity contribution in [1.29, 1.82) is 0 Å². The van der Waals surface area contributed by atoms with E-state index in [4.69, 9.17) is 0 Å². The minimum absolute atomic E-state index is 0.680. The van der Waals surface area contributed by atoms with Gasteiger partial charge in [-0.1, -0.05) is 47.5 Å². The summed E-state index contributed by atoms with van der Waals surface area (Å²) < 4.78 is 0. The molecule has 0 bridgehead atoms. The Bertz CT molecular complexity index is 291. The van der Waals surface area contributed by atoms with E-state index in [9.17, 15) is 0 Å². The molecule has 0 aliphatic carbocycles. The van der Waals surface area contributed by atoms with Gasteiger partial charge in [-0.05, 0) is 42.9 Å². The molecule has 0 aliphatic heterocycles. The van der Waals surface area contributed by atoms with Crippen LogP contribution in [0.3, 0.4) is 0 Å². The highest BCUT2D eigenvalue weighted by Gasteiger charge is 2.09. The molecule has 1 atom stereocenters. The molecule has 0 saturated heterocycles. The molecule has 0 heterocycles. The smallest absolute Gasteiger partial charge is 0.0100 e. The minimum Gasteiger partial charge on any atom is -0.0921 e. The van der Waals surface area contributed by atoms with Gasteiger partial charge in [0.2, 0.25) is 0 Å². The molecular formula is C13H19Br. The number of hydrogen-bond donors (Lipinski definition) is 0. The molecule has 1 aromatic rings. The summed E-state index contributed by atoms with van der Waals surface area (Å²) >= 11 is 3.60. The summed E-state index contributed by atoms with van der Waals surface area (Å²) in [5.41, 5.74) is 4.27. The summed E-state index contributed by atoms with van der Waals surface area (Å²) in [6.45, 7) is 6.61. The number of halogens is 1. The summed E-state index contributed by atoms with van der Waals surface area (Å²) in [4.78, 5) is 0. The number of alkyl halides is 1. The van der Waals surface area contributed by atoms with Gasteiger partial charge in [-0.25, -0.2) is 0 Å². The van der Waals surface area contributed by atoms with E-state index >= 15 is 0 Å². The van der Waals surface area contributed by atoms with Gasteiger partial charge in [-0.3, -0.25) is 0 Å². The zero-order chi connectivity index (χ0) is 10.6. The molecule has 0 fully saturated rings. The number of rotatable bonds is 4. The molecular weight excluding hydrogens is 236 g/mol. The fraction of sp³-hybridized carbons (Fsp3) is 0.538. The molecule has 1 rings (SSSR count). The number of aryl methyl sites for hydroxylation is 2. The van der Waals surface area contributed by atoms with Crippen LogP contribution >= 0.6 is 15.9 Å². The van der Waals surface area contributed by atoms with Crippen LogP contribution < -0.4 is 0 Å². The zero-order valence-electron chi connectivity index (χ0n) is 9.31. The largest absolute Gasteiger partial charge is 0.0921 e. The average Bonchev–Trinajstić information content (AvgIpc) is 2.19. The first-order valence-corrected chi connectivity index (χ1v) is 6.44. The number of benzene rings is 1. The molecule has 14 heavy (non-hydrogen) atoms. The molecule has 78 valence electrons. The van der Waals surface area contributed by atoms with Gasteiger partial charge in [0.1, 0.15) is 0 Å². The van der Waals surface area contributed by atoms with Gasteiger partial charge in [0, 0.05) is 5.33 Å². The standard InChI is InChI=1S/C13H19Br/c1-4-5-13(9-14)12-7-6-10(2)11(3)8-12/h6-8,13H,4-5,9H2,1-3H3. The highest BCUT2D eigenvalue weighted by atomic mass is 79.9. The Morgan fingerprint density at radius 1 is 1.21 bits per heavy atom. The highest BCUT2D eigenvalue weighted by Crippen LogP contribution is 2.25. The van der Waals surface area contributed by atoms with Crippen LogP contribution in [0, 0.1) is 13.8 Å². The lowest BCUT2D eigenvalue weighted by molar-refractivity contribution is 0.676. The van der Waals surface area contributed by atoms with Gasteiger partial charge in [-0.15, -0.1) is 0 Å². The summed E-state index contributed by atoms with van der Waals surface area (Å²) in [7, 11) is 0. The molecule has 1 unspecified atom stereocenters. The molecule has 0 spiro atoms. The van der Waals surface area contributed by atoms with Crippen molar-refractivity contribution in [2.45, 2.75) is 39.5 Å². The first-order valence-electron chi connectivity index (χ1n) is 5.32. The summed E-state index contributed by atoms with van der Waals surface area (Å²) in [6, 6.07) is 6.83. The van der Waals surface area contributed by atoms with E-state index < -0.39 is 0 Å². The van der Waals surface area contributed by atoms with Crippen LogP contribution in [0.2, 0.25) is 0 Å². The van der Waals surface area contributed by atoms with E-state index in [1.807, 2.05) is 0 Å². The predicted octanol–water partition coefficient (Wildman–Crippen LogP) is 4.58. The van der Waals surface area contributed by atoms with E-state index in [2.05, 4.69) is 54.9 Å². The quantitative estimate of drug-likeness (QED) is 0.691. The van der Waals surface area contributed by atoms with Crippen molar-refractivity contribution in [2.75, 3.05) is 5.33 Å². The second-order valence-corrected chi connectivity index (χ2v) is 4.63. The predicted molar refractivity (Wildman–Crippen MR) is 67.4 cm³/mol. The SMILES string of the molecule is CCCC(CBr)c1ccc(C)c(C)c1. The lowest BCUT2D eigenvalue weighted by atomic mass is 9.94. The Kier molecular flexibility index (Phi) is 4.67. The monoisotopic (exact) mass is 254 g/mol. The summed E-state index contributed by atoms with van der Waals surface area (Å²) in [5.74, 6) is 0.680. The van der Waals surface area contributed by atoms with Gasteiger partial charge in [-0.2, -0.15) is 0 Å². The Morgan fingerprint density at radius 2 is 1.93 bits per heavy atom. The minimum atomic E-state index is 0.680. The van der Waals surface area contributed by atoms with E-state index in [1.54, 1.807) is 0 Å². The van der Waals surface area contributed by atoms with E-state index in [0.29, 0.717) is 5.92 Å². The molecule has 0 radical (unpaired) electrons. The van der Waals surface area contributed by atoms with Gasteiger partial charge < -0.3 is 0 Å². The fourth-order valence-corrected chi connectivity index (χ4v) is 2.40. The van der Waals surface area contributed by atoms with Crippen LogP contribution in [-0.4, -0.2) is 5.33 Å². The van der Waals surface area contributed by atoms with Crippen molar-refractivity contribution in [1.82, 2.24) is 0 Å². The first-order chi connectivity index (χ1) is 6.69. The van der Waals surface area contributed by atoms with Gasteiger partial charge >= 0.3 is 0 Å². The van der Waals surface area contributed by atoms with Crippen LogP contribution in [0.25, 0.3) is 0 Å². The fourth-order valence-electron chi connectivity index (χ4n) is 1.70. The Hall–Kier alpha value is -0.300. The molecule has 0 aliphatic rings. The molecule has 0 saturated carbocycles. The van der Waals surface area contributed by atoms with Crippen molar-refractivity contribution in [3.63, 3.8) is 0 Å². The Balaban J connectivity index is 2.88. The average molecular weight is 255 g/mol. The van der Waals surface area contributed by atoms with Crippen molar-refractivity contribution in [2.24, 2.45) is 0 Å². The first kappa shape index (κ1) is 11.8. The number of hydrogen-bond acceptors (Lipinski definition) is 0. The normalized spacial score (nSPS) is 12.9. The summed E-state index contributed by atoms with van der Waals surface area (Å²) in [6.07, 6.45) is 2.52. The maximum absolute atomic E-state index is 3.60. The maximum Gasteiger partial charge on any atom is 0.0100 e. The van der Waals surface area contributed by atoms with Crippen molar-refractivity contribution in [3.8, 4) is 0 Å². The topological polar surface area (TPSA) is 0 Å². The van der Waals surface area contributed by atoms with E-state index in [0.717, 1.165) is 5.33 Å². The molecule has 1 aromatic carbocycles. The lowest BCUT2D eigenvalue weighted by Gasteiger charge is -2.14. The maximum atomic E-state index is 3.60. The third-order valence-corrected chi connectivity index (χ3v) is 3.61. The second-order valence-electron chi connectivity index (χ2n) is 3.98. The van der Waals surface area contributed by atoms with Gasteiger partial charge in [0.05, 0.1) is 0 Å². The molecule has 0 nitrogen and oxygen atoms in total. The van der Waals surface area contributed by atoms with E-state index in [-0.39, 0.29) is 0 Å². The molecule has 0 N–H and O–H groups in total. The van der Waals surface area contributed by atoms with E-state index in [1.165, 1.54) is 29.5 Å². The second kappa shape index (κ2) is 5.55. The van der Waals surface area contributed by atoms with Crippen molar-refractivity contribution < 1.29 is 0 Å². The molecule has 1 heteroatoms. The molecule has 0 aromatic heterocycles. The van der Waals surface area contributed by atoms with Crippen LogP contribution in [0.15, 0.2) is 18.2 Å². The van der Waals surface area contributed by atoms with Crippen LogP contribution in [-0.2, 0) is 0 Å². The van der Waals surface area contributed by atoms with Crippen LogP contribution in [0.5, 0.6) is 0 Å². The Morgan fingerprint density at radius 3 is 2.43 bits per heavy atom. The third kappa shape index (κ3) is 2.84. The Labute approximate surface area is 95.9 Å².